The van der Waals surface area contributed by atoms with Crippen LogP contribution in [0.5, 0.6) is 0 Å². The third-order valence-electron chi connectivity index (χ3n) is 2.61. The van der Waals surface area contributed by atoms with Crippen molar-refractivity contribution >= 4 is 21.5 Å². The van der Waals surface area contributed by atoms with Crippen molar-refractivity contribution in [3.8, 4) is 11.3 Å². The minimum Gasteiger partial charge on any atom is -0.264 e. The number of nitrogens with one attached hydrogen (secondary N) is 1. The van der Waals surface area contributed by atoms with Gasteiger partial charge in [0.25, 0.3) is 10.2 Å². The molecule has 2 rings (SSSR count). The van der Waals surface area contributed by atoms with E-state index in [1.807, 2.05) is 17.5 Å². The molecule has 20 heavy (non-hydrogen) atoms. The molecule has 0 spiro atoms. The number of hydrogen-bond acceptors (Lipinski definition) is 5. The third-order valence-corrected chi connectivity index (χ3v) is 5.05. The molecule has 2 aromatic rings. The Balaban J connectivity index is 1.94. The van der Waals surface area contributed by atoms with E-state index in [-0.39, 0.29) is 0 Å². The van der Waals surface area contributed by atoms with Gasteiger partial charge in [0.15, 0.2) is 0 Å². The van der Waals surface area contributed by atoms with Crippen molar-refractivity contribution in [2.24, 2.45) is 0 Å². The minimum atomic E-state index is -3.36. The molecular formula is C12H16N4O2S2. The average Bonchev–Trinajstić information content (AvgIpc) is 2.88. The molecule has 0 saturated heterocycles. The molecule has 0 atom stereocenters. The smallest absolute Gasteiger partial charge is 0.264 e. The molecular weight excluding hydrogens is 296 g/mol. The summed E-state index contributed by atoms with van der Waals surface area (Å²) in [4.78, 5) is 8.53. The monoisotopic (exact) mass is 312 g/mol. The van der Waals surface area contributed by atoms with Gasteiger partial charge in [-0.15, -0.1) is 11.3 Å². The molecule has 8 heteroatoms. The highest BCUT2D eigenvalue weighted by molar-refractivity contribution is 7.87. The first-order valence-corrected chi connectivity index (χ1v) is 8.33. The average molecular weight is 312 g/mol. The molecule has 0 aromatic carbocycles. The largest absolute Gasteiger partial charge is 0.278 e. The molecule has 0 radical (unpaired) electrons. The molecule has 2 heterocycles. The van der Waals surface area contributed by atoms with Gasteiger partial charge in [0, 0.05) is 50.4 Å². The van der Waals surface area contributed by atoms with Crippen LogP contribution in [0.2, 0.25) is 0 Å². The normalized spacial score (nSPS) is 11.9. The number of aromatic nitrogens is 2. The Morgan fingerprint density at radius 3 is 2.85 bits per heavy atom. The van der Waals surface area contributed by atoms with Crippen molar-refractivity contribution in [2.75, 3.05) is 20.6 Å². The lowest BCUT2D eigenvalue weighted by Crippen LogP contribution is -2.36. The standard InChI is InChI=1S/C12H16N4O2S2/c1-16(2)20(17,18)14-7-5-12-15-11(9-19-12)10-4-3-6-13-8-10/h3-4,6,8-9,14H,5,7H2,1-2H3. The fourth-order valence-electron chi connectivity index (χ4n) is 1.49. The number of nitrogens with zero attached hydrogens (tertiary/aromatic N) is 3. The lowest BCUT2D eigenvalue weighted by atomic mass is 10.2. The summed E-state index contributed by atoms with van der Waals surface area (Å²) in [7, 11) is -0.379. The van der Waals surface area contributed by atoms with Crippen LogP contribution in [-0.4, -0.2) is 43.3 Å². The van der Waals surface area contributed by atoms with E-state index in [1.54, 1.807) is 12.4 Å². The van der Waals surface area contributed by atoms with Crippen molar-refractivity contribution in [2.45, 2.75) is 6.42 Å². The molecule has 0 amide bonds. The van der Waals surface area contributed by atoms with Crippen LogP contribution < -0.4 is 4.72 Å². The predicted octanol–water partition coefficient (Wildman–Crippen LogP) is 1.14. The minimum absolute atomic E-state index is 0.334. The lowest BCUT2D eigenvalue weighted by molar-refractivity contribution is 0.506. The molecule has 0 bridgehead atoms. The first-order valence-electron chi connectivity index (χ1n) is 6.01. The Bertz CT molecular complexity index is 653. The van der Waals surface area contributed by atoms with E-state index < -0.39 is 10.2 Å². The molecule has 6 nitrogen and oxygen atoms in total. The number of thiazole rings is 1. The van der Waals surface area contributed by atoms with Gasteiger partial charge in [-0.3, -0.25) is 4.98 Å². The second-order valence-corrected chi connectivity index (χ2v) is 7.21. The quantitative estimate of drug-likeness (QED) is 0.868. The Labute approximate surface area is 122 Å². The van der Waals surface area contributed by atoms with Crippen LogP contribution in [0, 0.1) is 0 Å². The van der Waals surface area contributed by atoms with Crippen molar-refractivity contribution < 1.29 is 8.42 Å². The van der Waals surface area contributed by atoms with Gasteiger partial charge >= 0.3 is 0 Å². The molecule has 2 aromatic heterocycles. The van der Waals surface area contributed by atoms with E-state index in [4.69, 9.17) is 0 Å². The summed E-state index contributed by atoms with van der Waals surface area (Å²) >= 11 is 1.52. The zero-order valence-electron chi connectivity index (χ0n) is 11.3. The Morgan fingerprint density at radius 2 is 2.20 bits per heavy atom. The summed E-state index contributed by atoms with van der Waals surface area (Å²) in [6.45, 7) is 0.334. The molecule has 0 aliphatic rings. The highest BCUT2D eigenvalue weighted by Gasteiger charge is 2.12. The summed E-state index contributed by atoms with van der Waals surface area (Å²) in [6.07, 6.45) is 4.04. The van der Waals surface area contributed by atoms with Gasteiger partial charge in [-0.05, 0) is 12.1 Å². The second-order valence-electron chi connectivity index (χ2n) is 4.30. The van der Waals surface area contributed by atoms with E-state index >= 15 is 0 Å². The van der Waals surface area contributed by atoms with Crippen LogP contribution >= 0.6 is 11.3 Å². The zero-order valence-corrected chi connectivity index (χ0v) is 12.9. The van der Waals surface area contributed by atoms with Crippen molar-refractivity contribution in [1.82, 2.24) is 19.0 Å². The molecule has 108 valence electrons. The Kier molecular flexibility index (Phi) is 4.81. The summed E-state index contributed by atoms with van der Waals surface area (Å²) < 4.78 is 26.7. The summed E-state index contributed by atoms with van der Waals surface area (Å²) in [5.74, 6) is 0. The van der Waals surface area contributed by atoms with Gasteiger partial charge in [0.05, 0.1) is 10.7 Å². The van der Waals surface area contributed by atoms with E-state index in [0.29, 0.717) is 13.0 Å². The molecule has 1 N–H and O–H groups in total. The Morgan fingerprint density at radius 1 is 1.40 bits per heavy atom. The molecule has 0 saturated carbocycles. The topological polar surface area (TPSA) is 75.2 Å². The fraction of sp³-hybridized carbons (Fsp3) is 0.333. The van der Waals surface area contributed by atoms with Gasteiger partial charge in [-0.2, -0.15) is 12.7 Å². The fourth-order valence-corrected chi connectivity index (χ4v) is 2.91. The van der Waals surface area contributed by atoms with Crippen molar-refractivity contribution in [3.05, 3.63) is 34.9 Å². The lowest BCUT2D eigenvalue weighted by Gasteiger charge is -2.11. The van der Waals surface area contributed by atoms with Crippen LogP contribution in [-0.2, 0) is 16.6 Å². The van der Waals surface area contributed by atoms with E-state index in [2.05, 4.69) is 14.7 Å². The van der Waals surface area contributed by atoms with Crippen molar-refractivity contribution in [3.63, 3.8) is 0 Å². The zero-order chi connectivity index (χ0) is 14.6. The first-order chi connectivity index (χ1) is 9.49. The maximum Gasteiger partial charge on any atom is 0.278 e. The van der Waals surface area contributed by atoms with Gasteiger partial charge in [0.1, 0.15) is 0 Å². The van der Waals surface area contributed by atoms with Crippen LogP contribution in [0.4, 0.5) is 0 Å². The first kappa shape index (κ1) is 15.0. The molecule has 0 fully saturated rings. The molecule has 0 aliphatic heterocycles. The van der Waals surface area contributed by atoms with Gasteiger partial charge in [-0.25, -0.2) is 9.71 Å². The van der Waals surface area contributed by atoms with Crippen molar-refractivity contribution in [1.29, 1.82) is 0 Å². The van der Waals surface area contributed by atoms with Gasteiger partial charge in [0.2, 0.25) is 0 Å². The Hall–Kier alpha value is -1.35. The maximum atomic E-state index is 11.5. The number of pyridine rings is 1. The van der Waals surface area contributed by atoms with Crippen LogP contribution in [0.1, 0.15) is 5.01 Å². The van der Waals surface area contributed by atoms with E-state index in [1.165, 1.54) is 25.4 Å². The predicted molar refractivity (Wildman–Crippen MR) is 79.7 cm³/mol. The van der Waals surface area contributed by atoms with E-state index in [0.717, 1.165) is 20.6 Å². The molecule has 0 aliphatic carbocycles. The summed E-state index contributed by atoms with van der Waals surface area (Å²) in [5, 5.41) is 2.84. The van der Waals surface area contributed by atoms with Gasteiger partial charge in [-0.1, -0.05) is 0 Å². The van der Waals surface area contributed by atoms with E-state index in [9.17, 15) is 8.42 Å². The molecule has 0 unspecified atom stereocenters. The van der Waals surface area contributed by atoms with Crippen LogP contribution in [0.15, 0.2) is 29.9 Å². The maximum absolute atomic E-state index is 11.5. The third kappa shape index (κ3) is 3.83. The van der Waals surface area contributed by atoms with Gasteiger partial charge < -0.3 is 0 Å². The second kappa shape index (κ2) is 6.40. The summed E-state index contributed by atoms with van der Waals surface area (Å²) in [6, 6.07) is 3.81. The van der Waals surface area contributed by atoms with Crippen LogP contribution in [0.3, 0.4) is 0 Å². The highest BCUT2D eigenvalue weighted by Crippen LogP contribution is 2.20. The number of rotatable bonds is 6. The highest BCUT2D eigenvalue weighted by atomic mass is 32.2. The summed E-state index contributed by atoms with van der Waals surface area (Å²) in [5.41, 5.74) is 1.83. The van der Waals surface area contributed by atoms with Crippen LogP contribution in [0.25, 0.3) is 11.3 Å². The number of hydrogen-bond donors (Lipinski definition) is 1. The SMILES string of the molecule is CN(C)S(=O)(=O)NCCc1nc(-c2cccnc2)cs1.